The number of hydrogen-bond donors (Lipinski definition) is 1. The highest BCUT2D eigenvalue weighted by Crippen LogP contribution is 2.14. The van der Waals surface area contributed by atoms with Crippen molar-refractivity contribution in [2.45, 2.75) is 33.1 Å². The van der Waals surface area contributed by atoms with Gasteiger partial charge in [0.05, 0.1) is 11.4 Å². The van der Waals surface area contributed by atoms with Gasteiger partial charge in [-0.25, -0.2) is 4.68 Å². The average Bonchev–Trinajstić information content (AvgIpc) is 2.79. The summed E-state index contributed by atoms with van der Waals surface area (Å²) in [6.45, 7) is 3.96. The number of carbonyl (C=O) groups is 1. The molecule has 0 aliphatic rings. The number of aryl methyl sites for hydroxylation is 1. The van der Waals surface area contributed by atoms with Gasteiger partial charge in [-0.05, 0) is 37.5 Å². The maximum atomic E-state index is 11.1. The lowest BCUT2D eigenvalue weighted by atomic mass is 10.1. The van der Waals surface area contributed by atoms with Crippen LogP contribution >= 0.6 is 0 Å². The van der Waals surface area contributed by atoms with E-state index in [-0.39, 0.29) is 5.69 Å². The molecule has 0 saturated carbocycles. The lowest BCUT2D eigenvalue weighted by molar-refractivity contribution is 0.0995. The number of nitrogens with zero attached hydrogens (tertiary/aromatic N) is 3. The maximum Gasteiger partial charge on any atom is 0.271 e. The number of carbonyl (C=O) groups excluding carboxylic acids is 1. The first-order valence-corrected chi connectivity index (χ1v) is 6.45. The predicted molar refractivity (Wildman–Crippen MR) is 73.2 cm³/mol. The summed E-state index contributed by atoms with van der Waals surface area (Å²) in [4.78, 5) is 11.1. The van der Waals surface area contributed by atoms with Crippen LogP contribution < -0.4 is 5.73 Å². The van der Waals surface area contributed by atoms with Gasteiger partial charge in [-0.1, -0.05) is 30.7 Å². The van der Waals surface area contributed by atoms with Gasteiger partial charge in [0.1, 0.15) is 0 Å². The topological polar surface area (TPSA) is 73.8 Å². The summed E-state index contributed by atoms with van der Waals surface area (Å²) >= 11 is 0. The van der Waals surface area contributed by atoms with E-state index in [0.717, 1.165) is 12.1 Å². The van der Waals surface area contributed by atoms with Crippen LogP contribution in [-0.4, -0.2) is 20.9 Å². The summed E-state index contributed by atoms with van der Waals surface area (Å²) in [5.41, 5.74) is 8.30. The number of unbranched alkanes of at least 4 members (excludes halogenated alkanes) is 1. The normalized spacial score (nSPS) is 10.6. The van der Waals surface area contributed by atoms with Crippen LogP contribution in [0.2, 0.25) is 0 Å². The molecule has 5 nitrogen and oxygen atoms in total. The maximum absolute atomic E-state index is 11.1. The minimum Gasteiger partial charge on any atom is -0.364 e. The molecule has 2 aromatic rings. The summed E-state index contributed by atoms with van der Waals surface area (Å²) in [6, 6.07) is 8.13. The first-order valence-electron chi connectivity index (χ1n) is 6.45. The zero-order chi connectivity index (χ0) is 13.8. The van der Waals surface area contributed by atoms with Crippen LogP contribution in [-0.2, 0) is 6.42 Å². The molecule has 100 valence electrons. The standard InChI is InChI=1S/C14H18N4O/c1-3-4-5-11-6-8-12(9-7-11)18-10(2)13(14(15)19)16-17-18/h6-9H,3-5H2,1-2H3,(H2,15,19). The number of nitrogens with two attached hydrogens (primary N) is 1. The number of benzene rings is 1. The molecule has 5 heteroatoms. The van der Waals surface area contributed by atoms with Gasteiger partial charge >= 0.3 is 0 Å². The Kier molecular flexibility index (Phi) is 3.94. The fraction of sp³-hybridized carbons (Fsp3) is 0.357. The molecule has 1 aromatic heterocycles. The highest BCUT2D eigenvalue weighted by Gasteiger charge is 2.14. The van der Waals surface area contributed by atoms with Crippen molar-refractivity contribution in [2.75, 3.05) is 0 Å². The molecule has 0 unspecified atom stereocenters. The third kappa shape index (κ3) is 2.81. The van der Waals surface area contributed by atoms with Crippen molar-refractivity contribution in [3.8, 4) is 5.69 Å². The Morgan fingerprint density at radius 3 is 2.53 bits per heavy atom. The highest BCUT2D eigenvalue weighted by molar-refractivity contribution is 5.91. The Bertz CT molecular complexity index is 572. The number of rotatable bonds is 5. The summed E-state index contributed by atoms with van der Waals surface area (Å²) in [5, 5.41) is 7.77. The molecule has 0 aliphatic carbocycles. The van der Waals surface area contributed by atoms with Crippen molar-refractivity contribution < 1.29 is 4.79 Å². The van der Waals surface area contributed by atoms with Gasteiger partial charge in [-0.2, -0.15) is 0 Å². The van der Waals surface area contributed by atoms with E-state index in [2.05, 4.69) is 29.4 Å². The first kappa shape index (κ1) is 13.3. The van der Waals surface area contributed by atoms with Gasteiger partial charge in [-0.3, -0.25) is 4.79 Å². The van der Waals surface area contributed by atoms with Crippen LogP contribution in [0, 0.1) is 6.92 Å². The molecule has 0 spiro atoms. The lowest BCUT2D eigenvalue weighted by Gasteiger charge is -2.05. The first-order chi connectivity index (χ1) is 9.13. The molecule has 2 N–H and O–H groups in total. The van der Waals surface area contributed by atoms with E-state index in [0.29, 0.717) is 5.69 Å². The summed E-state index contributed by atoms with van der Waals surface area (Å²) in [7, 11) is 0. The molecule has 0 atom stereocenters. The third-order valence-corrected chi connectivity index (χ3v) is 3.13. The zero-order valence-electron chi connectivity index (χ0n) is 11.3. The van der Waals surface area contributed by atoms with Gasteiger partial charge < -0.3 is 5.73 Å². The molecule has 0 fully saturated rings. The molecule has 1 amide bonds. The van der Waals surface area contributed by atoms with Crippen LogP contribution in [0.3, 0.4) is 0 Å². The predicted octanol–water partition coefficient (Wildman–Crippen LogP) is 2.02. The van der Waals surface area contributed by atoms with Gasteiger partial charge in [0.15, 0.2) is 5.69 Å². The van der Waals surface area contributed by atoms with Crippen molar-refractivity contribution in [1.82, 2.24) is 15.0 Å². The number of hydrogen-bond acceptors (Lipinski definition) is 3. The number of amides is 1. The van der Waals surface area contributed by atoms with Gasteiger partial charge in [0.2, 0.25) is 0 Å². The Labute approximate surface area is 112 Å². The molecule has 2 rings (SSSR count). The largest absolute Gasteiger partial charge is 0.364 e. The monoisotopic (exact) mass is 258 g/mol. The second-order valence-corrected chi connectivity index (χ2v) is 4.57. The minimum absolute atomic E-state index is 0.218. The molecule has 0 radical (unpaired) electrons. The molecule has 19 heavy (non-hydrogen) atoms. The lowest BCUT2D eigenvalue weighted by Crippen LogP contribution is -2.13. The van der Waals surface area contributed by atoms with Crippen LogP contribution in [0.25, 0.3) is 5.69 Å². The van der Waals surface area contributed by atoms with E-state index >= 15 is 0 Å². The summed E-state index contributed by atoms with van der Waals surface area (Å²) < 4.78 is 1.63. The highest BCUT2D eigenvalue weighted by atomic mass is 16.1. The van der Waals surface area contributed by atoms with E-state index in [1.54, 1.807) is 11.6 Å². The van der Waals surface area contributed by atoms with Crippen LogP contribution in [0.15, 0.2) is 24.3 Å². The molecule has 1 heterocycles. The van der Waals surface area contributed by atoms with E-state index in [1.165, 1.54) is 18.4 Å². The quantitative estimate of drug-likeness (QED) is 0.891. The van der Waals surface area contributed by atoms with Crippen molar-refractivity contribution in [1.29, 1.82) is 0 Å². The number of aromatic nitrogens is 3. The molecule has 0 aliphatic heterocycles. The minimum atomic E-state index is -0.552. The van der Waals surface area contributed by atoms with Crippen LogP contribution in [0.5, 0.6) is 0 Å². The smallest absolute Gasteiger partial charge is 0.271 e. The molecule has 0 saturated heterocycles. The van der Waals surface area contributed by atoms with Crippen molar-refractivity contribution in [3.63, 3.8) is 0 Å². The van der Waals surface area contributed by atoms with Crippen molar-refractivity contribution in [3.05, 3.63) is 41.2 Å². The van der Waals surface area contributed by atoms with Gasteiger partial charge in [0, 0.05) is 0 Å². The van der Waals surface area contributed by atoms with Gasteiger partial charge in [-0.15, -0.1) is 5.10 Å². The fourth-order valence-corrected chi connectivity index (χ4v) is 1.99. The summed E-state index contributed by atoms with van der Waals surface area (Å²) in [5.74, 6) is -0.552. The van der Waals surface area contributed by atoms with E-state index in [9.17, 15) is 4.79 Å². The van der Waals surface area contributed by atoms with Crippen LogP contribution in [0.1, 0.15) is 41.5 Å². The average molecular weight is 258 g/mol. The van der Waals surface area contributed by atoms with E-state index in [1.807, 2.05) is 12.1 Å². The molecular weight excluding hydrogens is 240 g/mol. The third-order valence-electron chi connectivity index (χ3n) is 3.13. The second-order valence-electron chi connectivity index (χ2n) is 4.57. The van der Waals surface area contributed by atoms with Gasteiger partial charge in [0.25, 0.3) is 5.91 Å². The Morgan fingerprint density at radius 2 is 2.00 bits per heavy atom. The molecule has 0 bridgehead atoms. The Morgan fingerprint density at radius 1 is 1.32 bits per heavy atom. The number of primary amides is 1. The summed E-state index contributed by atoms with van der Waals surface area (Å²) in [6.07, 6.45) is 3.46. The molecular formula is C14H18N4O. The second kappa shape index (κ2) is 5.65. The Hall–Kier alpha value is -2.17. The Balaban J connectivity index is 2.25. The zero-order valence-corrected chi connectivity index (χ0v) is 11.3. The van der Waals surface area contributed by atoms with E-state index < -0.39 is 5.91 Å². The van der Waals surface area contributed by atoms with Crippen LogP contribution in [0.4, 0.5) is 0 Å². The van der Waals surface area contributed by atoms with Crippen molar-refractivity contribution in [2.24, 2.45) is 5.73 Å². The SMILES string of the molecule is CCCCc1ccc(-n2nnc(C(N)=O)c2C)cc1. The van der Waals surface area contributed by atoms with Crippen molar-refractivity contribution >= 4 is 5.91 Å². The molecule has 1 aromatic carbocycles. The fourth-order valence-electron chi connectivity index (χ4n) is 1.99. The van der Waals surface area contributed by atoms with E-state index in [4.69, 9.17) is 5.73 Å².